The van der Waals surface area contributed by atoms with E-state index < -0.39 is 0 Å². The first-order valence-corrected chi connectivity index (χ1v) is 2.19. The van der Waals surface area contributed by atoms with Crippen molar-refractivity contribution >= 4 is 35.3 Å². The fourth-order valence-corrected chi connectivity index (χ4v) is 0.185. The van der Waals surface area contributed by atoms with E-state index in [1.807, 2.05) is 0 Å². The van der Waals surface area contributed by atoms with Crippen LogP contribution in [0.4, 0.5) is 0 Å². The second kappa shape index (κ2) is 3.31. The van der Waals surface area contributed by atoms with Gasteiger partial charge in [-0.2, -0.15) is 0 Å². The van der Waals surface area contributed by atoms with Crippen molar-refractivity contribution < 1.29 is 4.79 Å². The van der Waals surface area contributed by atoms with Gasteiger partial charge in [0, 0.05) is 0 Å². The molecule has 6 heavy (non-hydrogen) atoms. The van der Waals surface area contributed by atoms with Gasteiger partial charge in [0.15, 0.2) is 0 Å². The summed E-state index contributed by atoms with van der Waals surface area (Å²) in [6, 6.07) is 0. The van der Waals surface area contributed by atoms with Gasteiger partial charge in [0.2, 0.25) is 6.29 Å². The first-order chi connectivity index (χ1) is 2.77. The van der Waals surface area contributed by atoms with E-state index >= 15 is 0 Å². The Morgan fingerprint density at radius 3 is 2.50 bits per heavy atom. The van der Waals surface area contributed by atoms with E-state index in [2.05, 4.69) is 24.8 Å². The molecule has 0 N–H and O–H groups in total. The summed E-state index contributed by atoms with van der Waals surface area (Å²) in [5.74, 6) is 0. The molecule has 0 saturated carbocycles. The third-order valence-corrected chi connectivity index (χ3v) is 0.526. The van der Waals surface area contributed by atoms with Crippen molar-refractivity contribution in [3.05, 3.63) is 0 Å². The summed E-state index contributed by atoms with van der Waals surface area (Å²) in [6.45, 7) is 0. The zero-order valence-corrected chi connectivity index (χ0v) is 4.68. The number of hydrogen-bond donors (Lipinski definition) is 1. The molecule has 0 amide bonds. The monoisotopic (exact) mass is 119 g/mol. The van der Waals surface area contributed by atoms with Gasteiger partial charge in [-0.25, -0.2) is 0 Å². The van der Waals surface area contributed by atoms with Crippen molar-refractivity contribution in [2.45, 2.75) is 6.42 Å². The van der Waals surface area contributed by atoms with E-state index in [0.29, 0.717) is 4.20 Å². The quantitative estimate of drug-likeness (QED) is 0.426. The van der Waals surface area contributed by atoms with E-state index in [1.54, 1.807) is 6.29 Å². The van der Waals surface area contributed by atoms with Crippen molar-refractivity contribution in [3.8, 4) is 0 Å². The Kier molecular flexibility index (Phi) is 3.37. The average Bonchev–Trinajstić information content (AvgIpc) is 1.35. The molecule has 0 aliphatic heterocycles. The normalized spacial score (nSPS) is 7.50. The van der Waals surface area contributed by atoms with E-state index in [0.717, 1.165) is 0 Å². The van der Waals surface area contributed by atoms with Crippen LogP contribution in [0.25, 0.3) is 0 Å². The molecule has 0 rings (SSSR count). The average molecular weight is 119 g/mol. The molecular weight excluding hydrogens is 116 g/mol. The molecule has 0 heterocycles. The summed E-state index contributed by atoms with van der Waals surface area (Å²) in [5, 5.41) is 0. The number of thiocarbonyl (C=S) groups is 1. The third-order valence-electron chi connectivity index (χ3n) is 0.223. The zero-order chi connectivity index (χ0) is 4.99. The maximum Gasteiger partial charge on any atom is 0.204 e. The van der Waals surface area contributed by atoms with Crippen LogP contribution >= 0.6 is 24.8 Å². The van der Waals surface area contributed by atoms with Crippen LogP contribution < -0.4 is 0 Å². The number of thiol groups is 1. The lowest BCUT2D eigenvalue weighted by Crippen LogP contribution is -1.79. The van der Waals surface area contributed by atoms with Crippen LogP contribution in [0, 0.1) is 0 Å². The van der Waals surface area contributed by atoms with Crippen LogP contribution in [-0.2, 0) is 4.79 Å². The Balaban J connectivity index is 3.05. The van der Waals surface area contributed by atoms with Crippen LogP contribution in [0.1, 0.15) is 6.42 Å². The molecule has 1 nitrogen and oxygen atoms in total. The summed E-state index contributed by atoms with van der Waals surface area (Å²) < 4.78 is 0.394. The summed E-state index contributed by atoms with van der Waals surface area (Å²) in [7, 11) is 0. The van der Waals surface area contributed by atoms with Crippen molar-refractivity contribution in [1.29, 1.82) is 0 Å². The van der Waals surface area contributed by atoms with Gasteiger partial charge in [-0.15, -0.1) is 12.6 Å². The predicted molar refractivity (Wildman–Crippen MR) is 31.9 cm³/mol. The molecule has 0 aromatic rings. The Hall–Kier alpha value is 0.110. The molecule has 0 aliphatic rings. The minimum atomic E-state index is 0.165. The number of rotatable bonds is 2. The Morgan fingerprint density at radius 2 is 2.50 bits per heavy atom. The van der Waals surface area contributed by atoms with Crippen molar-refractivity contribution in [2.75, 3.05) is 0 Å². The van der Waals surface area contributed by atoms with E-state index in [1.165, 1.54) is 0 Å². The van der Waals surface area contributed by atoms with Crippen molar-refractivity contribution in [2.24, 2.45) is 0 Å². The molecule has 0 saturated heterocycles. The molecule has 0 fully saturated rings. The highest BCUT2D eigenvalue weighted by Gasteiger charge is 1.81. The van der Waals surface area contributed by atoms with Gasteiger partial charge < -0.3 is 0 Å². The molecule has 0 atom stereocenters. The molecular formula is C3H3OS2. The summed E-state index contributed by atoms with van der Waals surface area (Å²) in [4.78, 5) is 9.35. The molecule has 0 spiro atoms. The maximum atomic E-state index is 9.35. The summed E-state index contributed by atoms with van der Waals surface area (Å²) in [5.41, 5.74) is 0. The first kappa shape index (κ1) is 6.11. The molecule has 0 bridgehead atoms. The topological polar surface area (TPSA) is 17.1 Å². The van der Waals surface area contributed by atoms with Gasteiger partial charge in [0.05, 0.1) is 10.6 Å². The fourth-order valence-electron chi connectivity index (χ4n) is 0.0617. The smallest absolute Gasteiger partial charge is 0.204 e. The Morgan fingerprint density at radius 1 is 2.00 bits per heavy atom. The molecule has 1 radical (unpaired) electrons. The molecule has 0 unspecified atom stereocenters. The highest BCUT2D eigenvalue weighted by molar-refractivity contribution is 8.11. The highest BCUT2D eigenvalue weighted by atomic mass is 32.1. The first-order valence-electron chi connectivity index (χ1n) is 1.34. The lowest BCUT2D eigenvalue weighted by molar-refractivity contribution is 0.557. The molecule has 3 heteroatoms. The minimum absolute atomic E-state index is 0.165. The lowest BCUT2D eigenvalue weighted by Gasteiger charge is -1.73. The maximum absolute atomic E-state index is 9.35. The van der Waals surface area contributed by atoms with Crippen molar-refractivity contribution in [1.82, 2.24) is 0 Å². The largest absolute Gasteiger partial charge is 0.290 e. The van der Waals surface area contributed by atoms with Crippen LogP contribution in [0.5, 0.6) is 0 Å². The summed E-state index contributed by atoms with van der Waals surface area (Å²) >= 11 is 8.04. The van der Waals surface area contributed by atoms with Crippen LogP contribution in [-0.4, -0.2) is 10.5 Å². The van der Waals surface area contributed by atoms with Gasteiger partial charge in [0.25, 0.3) is 0 Å². The second-order valence-corrected chi connectivity index (χ2v) is 2.05. The number of hydrogen-bond acceptors (Lipinski definition) is 2. The zero-order valence-electron chi connectivity index (χ0n) is 2.97. The van der Waals surface area contributed by atoms with E-state index in [-0.39, 0.29) is 6.42 Å². The molecule has 33 valence electrons. The summed E-state index contributed by atoms with van der Waals surface area (Å²) in [6.07, 6.45) is 1.76. The highest BCUT2D eigenvalue weighted by Crippen LogP contribution is 1.84. The SMILES string of the molecule is O=[C]CC(=S)S. The van der Waals surface area contributed by atoms with Gasteiger partial charge in [-0.3, -0.25) is 4.79 Å². The minimum Gasteiger partial charge on any atom is -0.290 e. The Labute approximate surface area is 47.1 Å². The van der Waals surface area contributed by atoms with E-state index in [4.69, 9.17) is 0 Å². The number of carbonyl (C=O) groups excluding carboxylic acids is 1. The predicted octanol–water partition coefficient (Wildman–Crippen LogP) is 0.743. The van der Waals surface area contributed by atoms with Gasteiger partial charge >= 0.3 is 0 Å². The fraction of sp³-hybridized carbons (Fsp3) is 0.333. The van der Waals surface area contributed by atoms with Gasteiger partial charge in [-0.05, 0) is 0 Å². The molecule has 0 aromatic carbocycles. The van der Waals surface area contributed by atoms with Crippen molar-refractivity contribution in [3.63, 3.8) is 0 Å². The van der Waals surface area contributed by atoms with Crippen LogP contribution in [0.15, 0.2) is 0 Å². The lowest BCUT2D eigenvalue weighted by atomic mass is 10.6. The molecule has 0 aromatic heterocycles. The van der Waals surface area contributed by atoms with Gasteiger partial charge in [-0.1, -0.05) is 12.2 Å². The van der Waals surface area contributed by atoms with E-state index in [9.17, 15) is 4.79 Å². The molecule has 0 aliphatic carbocycles. The standard InChI is InChI=1S/C3H3OS2/c4-2-1-3(5)6/h1H2,(H,5,6). The second-order valence-electron chi connectivity index (χ2n) is 0.715. The van der Waals surface area contributed by atoms with Crippen LogP contribution in [0.2, 0.25) is 0 Å². The Bertz CT molecular complexity index is 69.2. The van der Waals surface area contributed by atoms with Crippen LogP contribution in [0.3, 0.4) is 0 Å². The third kappa shape index (κ3) is 4.11. The van der Waals surface area contributed by atoms with Gasteiger partial charge in [0.1, 0.15) is 0 Å².